The van der Waals surface area contributed by atoms with E-state index < -0.39 is 44.3 Å². The summed E-state index contributed by atoms with van der Waals surface area (Å²) in [4.78, 5) is 38.2. The summed E-state index contributed by atoms with van der Waals surface area (Å²) in [6.07, 6.45) is -0.0624. The first kappa shape index (κ1) is 22.0. The first-order chi connectivity index (χ1) is 15.2. The highest BCUT2D eigenvalue weighted by Crippen LogP contribution is 2.29. The second-order valence-corrected chi connectivity index (χ2v) is 9.33. The molecule has 4 rings (SSSR count). The molecule has 0 spiro atoms. The van der Waals surface area contributed by atoms with Crippen LogP contribution in [0.25, 0.3) is 0 Å². The molecular weight excluding hydrogens is 443 g/mol. The normalized spacial score (nSPS) is 20.7. The molecule has 12 heteroatoms. The quantitative estimate of drug-likeness (QED) is 0.374. The van der Waals surface area contributed by atoms with Crippen molar-refractivity contribution in [1.29, 1.82) is 0 Å². The third kappa shape index (κ3) is 3.87. The molecule has 1 atom stereocenters. The highest BCUT2D eigenvalue weighted by molar-refractivity contribution is 7.89. The summed E-state index contributed by atoms with van der Waals surface area (Å²) >= 11 is 0. The minimum absolute atomic E-state index is 0.0168. The minimum Gasteiger partial charge on any atom is -0.289 e. The molecule has 0 saturated carbocycles. The van der Waals surface area contributed by atoms with Crippen LogP contribution in [0.4, 0.5) is 15.8 Å². The number of rotatable bonds is 5. The lowest BCUT2D eigenvalue weighted by Gasteiger charge is -2.36. The molecule has 1 unspecified atom stereocenters. The Morgan fingerprint density at radius 3 is 2.22 bits per heavy atom. The summed E-state index contributed by atoms with van der Waals surface area (Å²) in [7, 11) is -4.10. The van der Waals surface area contributed by atoms with Crippen LogP contribution in [0.2, 0.25) is 0 Å². The molecule has 0 radical (unpaired) electrons. The van der Waals surface area contributed by atoms with Gasteiger partial charge in [0, 0.05) is 32.2 Å². The van der Waals surface area contributed by atoms with Crippen LogP contribution >= 0.6 is 0 Å². The molecule has 0 N–H and O–H groups in total. The second-order valence-electron chi connectivity index (χ2n) is 7.43. The monoisotopic (exact) mass is 462 g/mol. The minimum atomic E-state index is -4.10. The van der Waals surface area contributed by atoms with Crippen LogP contribution in [-0.2, 0) is 19.6 Å². The fraction of sp³-hybridized carbons (Fsp3) is 0.300. The van der Waals surface area contributed by atoms with E-state index in [0.29, 0.717) is 0 Å². The van der Waals surface area contributed by atoms with E-state index in [1.165, 1.54) is 30.3 Å². The number of amides is 2. The number of nitro groups is 1. The van der Waals surface area contributed by atoms with E-state index in [0.717, 1.165) is 27.4 Å². The number of nitro benzene ring substituents is 1. The Morgan fingerprint density at radius 1 is 0.969 bits per heavy atom. The summed E-state index contributed by atoms with van der Waals surface area (Å²) in [6.45, 7) is 0.396. The molecule has 10 nitrogen and oxygen atoms in total. The maximum Gasteiger partial charge on any atom is 0.289 e. The highest BCUT2D eigenvalue weighted by atomic mass is 32.2. The number of hydrogen-bond donors (Lipinski definition) is 0. The molecule has 0 bridgehead atoms. The Labute approximate surface area is 183 Å². The Balaban J connectivity index is 1.47. The zero-order valence-corrected chi connectivity index (χ0v) is 17.6. The molecule has 2 fully saturated rings. The van der Waals surface area contributed by atoms with Crippen molar-refractivity contribution in [3.63, 3.8) is 0 Å². The number of hydrogen-bond acceptors (Lipinski definition) is 7. The summed E-state index contributed by atoms with van der Waals surface area (Å²) < 4.78 is 40.2. The number of carbonyl (C=O) groups excluding carboxylic acids is 2. The van der Waals surface area contributed by atoms with E-state index in [1.54, 1.807) is 4.90 Å². The van der Waals surface area contributed by atoms with Crippen molar-refractivity contribution in [2.75, 3.05) is 31.1 Å². The summed E-state index contributed by atoms with van der Waals surface area (Å²) in [5.74, 6) is -1.35. The van der Waals surface area contributed by atoms with Crippen molar-refractivity contribution in [2.45, 2.75) is 17.4 Å². The van der Waals surface area contributed by atoms with Gasteiger partial charge in [0.15, 0.2) is 4.90 Å². The first-order valence-electron chi connectivity index (χ1n) is 9.80. The van der Waals surface area contributed by atoms with Gasteiger partial charge in [0.25, 0.3) is 11.6 Å². The van der Waals surface area contributed by atoms with Crippen molar-refractivity contribution < 1.29 is 27.3 Å². The number of benzene rings is 2. The highest BCUT2D eigenvalue weighted by Gasteiger charge is 2.44. The molecule has 32 heavy (non-hydrogen) atoms. The average molecular weight is 462 g/mol. The van der Waals surface area contributed by atoms with Gasteiger partial charge in [-0.3, -0.25) is 24.6 Å². The van der Waals surface area contributed by atoms with Crippen LogP contribution in [0.5, 0.6) is 0 Å². The molecule has 0 aromatic heterocycles. The predicted molar refractivity (Wildman–Crippen MR) is 111 cm³/mol. The van der Waals surface area contributed by atoms with Gasteiger partial charge in [-0.25, -0.2) is 17.7 Å². The third-order valence-electron chi connectivity index (χ3n) is 5.60. The number of halogens is 1. The smallest absolute Gasteiger partial charge is 0.289 e. The molecule has 2 aromatic carbocycles. The van der Waals surface area contributed by atoms with Gasteiger partial charge in [0.05, 0.1) is 23.1 Å². The fourth-order valence-corrected chi connectivity index (χ4v) is 5.56. The lowest BCUT2D eigenvalue weighted by Crippen LogP contribution is -2.53. The fourth-order valence-electron chi connectivity index (χ4n) is 3.98. The maximum absolute atomic E-state index is 13.2. The van der Waals surface area contributed by atoms with Crippen LogP contribution in [0.1, 0.15) is 6.42 Å². The third-order valence-corrected chi connectivity index (χ3v) is 7.55. The van der Waals surface area contributed by atoms with E-state index in [9.17, 15) is 32.5 Å². The van der Waals surface area contributed by atoms with Crippen LogP contribution in [0, 0.1) is 15.9 Å². The molecule has 2 aromatic rings. The number of nitrogens with zero attached hydrogens (tertiary/aromatic N) is 4. The summed E-state index contributed by atoms with van der Waals surface area (Å²) in [5.41, 5.74) is -0.220. The number of carbonyl (C=O) groups is 2. The van der Waals surface area contributed by atoms with Crippen molar-refractivity contribution in [2.24, 2.45) is 0 Å². The van der Waals surface area contributed by atoms with Crippen LogP contribution in [0.15, 0.2) is 53.4 Å². The van der Waals surface area contributed by atoms with Crippen LogP contribution in [0.3, 0.4) is 0 Å². The molecule has 2 aliphatic rings. The van der Waals surface area contributed by atoms with Crippen molar-refractivity contribution >= 4 is 33.2 Å². The number of para-hydroxylation sites is 1. The predicted octanol–water partition coefficient (Wildman–Crippen LogP) is 1.37. The van der Waals surface area contributed by atoms with Crippen LogP contribution < -0.4 is 4.90 Å². The molecule has 168 valence electrons. The van der Waals surface area contributed by atoms with Gasteiger partial charge in [-0.1, -0.05) is 12.1 Å². The van der Waals surface area contributed by atoms with E-state index in [2.05, 4.69) is 0 Å². The van der Waals surface area contributed by atoms with Gasteiger partial charge in [-0.2, -0.15) is 4.31 Å². The lowest BCUT2D eigenvalue weighted by atomic mass is 10.2. The van der Waals surface area contributed by atoms with Gasteiger partial charge in [0.2, 0.25) is 15.9 Å². The average Bonchev–Trinajstić information content (AvgIpc) is 3.08. The topological polar surface area (TPSA) is 121 Å². The Hall–Kier alpha value is -3.22. The number of imide groups is 1. The number of anilines is 1. The van der Waals surface area contributed by atoms with Gasteiger partial charge < -0.3 is 0 Å². The molecule has 2 aliphatic heterocycles. The van der Waals surface area contributed by atoms with Crippen molar-refractivity contribution in [3.05, 3.63) is 64.5 Å². The lowest BCUT2D eigenvalue weighted by molar-refractivity contribution is -0.387. The molecule has 2 saturated heterocycles. The largest absolute Gasteiger partial charge is 0.289 e. The Bertz CT molecular complexity index is 1180. The Morgan fingerprint density at radius 2 is 1.59 bits per heavy atom. The van der Waals surface area contributed by atoms with E-state index in [-0.39, 0.29) is 43.2 Å². The SMILES string of the molecule is O=C1CC(N2CCN(S(=O)(=O)c3ccccc3[N+](=O)[O-])CC2)C(=O)N1c1ccc(F)cc1. The standard InChI is InChI=1S/C20H19FN4O6S/c21-14-5-7-15(8-6-14)24-19(26)13-17(20(24)27)22-9-11-23(12-10-22)32(30,31)18-4-2-1-3-16(18)25(28)29/h1-8,17H,9-13H2. The van der Waals surface area contributed by atoms with Gasteiger partial charge in [-0.15, -0.1) is 0 Å². The van der Waals surface area contributed by atoms with Gasteiger partial charge in [-0.05, 0) is 30.3 Å². The molecule has 2 heterocycles. The zero-order chi connectivity index (χ0) is 23.0. The zero-order valence-electron chi connectivity index (χ0n) is 16.8. The number of piperazine rings is 1. The van der Waals surface area contributed by atoms with E-state index in [1.807, 2.05) is 0 Å². The first-order valence-corrected chi connectivity index (χ1v) is 11.2. The maximum atomic E-state index is 13.2. The summed E-state index contributed by atoms with van der Waals surface area (Å²) in [5, 5.41) is 11.2. The second kappa shape index (κ2) is 8.37. The van der Waals surface area contributed by atoms with E-state index >= 15 is 0 Å². The molecule has 2 amide bonds. The van der Waals surface area contributed by atoms with Crippen molar-refractivity contribution in [3.8, 4) is 0 Å². The summed E-state index contributed by atoms with van der Waals surface area (Å²) in [6, 6.07) is 9.42. The Kier molecular flexibility index (Phi) is 5.75. The number of sulfonamides is 1. The van der Waals surface area contributed by atoms with Gasteiger partial charge in [0.1, 0.15) is 5.82 Å². The van der Waals surface area contributed by atoms with Crippen molar-refractivity contribution in [1.82, 2.24) is 9.21 Å². The molecular formula is C20H19FN4O6S. The van der Waals surface area contributed by atoms with E-state index in [4.69, 9.17) is 0 Å². The van der Waals surface area contributed by atoms with Gasteiger partial charge >= 0.3 is 0 Å². The molecule has 0 aliphatic carbocycles. The van der Waals surface area contributed by atoms with Crippen LogP contribution in [-0.4, -0.2) is 66.6 Å².